The molecule has 0 aliphatic carbocycles. The van der Waals surface area contributed by atoms with Crippen molar-refractivity contribution < 1.29 is 0 Å². The molecule has 98 valence electrons. The second-order valence-corrected chi connectivity index (χ2v) is 4.86. The van der Waals surface area contributed by atoms with Crippen LogP contribution in [0.3, 0.4) is 0 Å². The number of nitrogens with zero attached hydrogens (tertiary/aromatic N) is 3. The molecule has 0 radical (unpaired) electrons. The molecule has 3 nitrogen and oxygen atoms in total. The molecular formula is C16H19N3. The molecule has 2 heterocycles. The molecular weight excluding hydrogens is 234 g/mol. The van der Waals surface area contributed by atoms with Crippen LogP contribution >= 0.6 is 0 Å². The molecule has 0 unspecified atom stereocenters. The first-order chi connectivity index (χ1) is 9.31. The lowest BCUT2D eigenvalue weighted by atomic mass is 10.1. The highest BCUT2D eigenvalue weighted by molar-refractivity contribution is 5.83. The summed E-state index contributed by atoms with van der Waals surface area (Å²) in [6.45, 7) is 6.13. The van der Waals surface area contributed by atoms with Gasteiger partial charge in [0, 0.05) is 24.5 Å². The van der Waals surface area contributed by atoms with Crippen molar-refractivity contribution in [1.29, 1.82) is 0 Å². The van der Waals surface area contributed by atoms with Gasteiger partial charge in [0.25, 0.3) is 0 Å². The predicted molar refractivity (Wildman–Crippen MR) is 78.3 cm³/mol. The lowest BCUT2D eigenvalue weighted by Crippen LogP contribution is -1.99. The third-order valence-corrected chi connectivity index (χ3v) is 3.62. The van der Waals surface area contributed by atoms with E-state index in [2.05, 4.69) is 60.2 Å². The summed E-state index contributed by atoms with van der Waals surface area (Å²) in [5.74, 6) is 0. The van der Waals surface area contributed by atoms with Crippen molar-refractivity contribution in [3.05, 3.63) is 54.0 Å². The third kappa shape index (κ3) is 2.16. The maximum absolute atomic E-state index is 4.34. The molecule has 3 rings (SSSR count). The van der Waals surface area contributed by atoms with Crippen molar-refractivity contribution in [2.75, 3.05) is 0 Å². The van der Waals surface area contributed by atoms with Crippen molar-refractivity contribution in [3.63, 3.8) is 0 Å². The van der Waals surface area contributed by atoms with Crippen LogP contribution in [0.1, 0.15) is 25.0 Å². The van der Waals surface area contributed by atoms with Crippen LogP contribution in [-0.4, -0.2) is 14.3 Å². The van der Waals surface area contributed by atoms with Crippen LogP contribution in [0.5, 0.6) is 0 Å². The van der Waals surface area contributed by atoms with E-state index in [0.29, 0.717) is 0 Å². The summed E-state index contributed by atoms with van der Waals surface area (Å²) in [6.07, 6.45) is 7.33. The highest BCUT2D eigenvalue weighted by Crippen LogP contribution is 2.21. The van der Waals surface area contributed by atoms with Gasteiger partial charge in [0.1, 0.15) is 0 Å². The number of rotatable bonds is 4. The standard InChI is InChI=1S/C16H19N3/c1-3-14-6-5-7-15-8-9-18(16(14)15)11-13-10-17-19(4-2)12-13/h5-10,12H,3-4,11H2,1-2H3. The number of hydrogen-bond acceptors (Lipinski definition) is 1. The van der Waals surface area contributed by atoms with E-state index in [4.69, 9.17) is 0 Å². The molecule has 19 heavy (non-hydrogen) atoms. The van der Waals surface area contributed by atoms with Gasteiger partial charge in [-0.3, -0.25) is 4.68 Å². The lowest BCUT2D eigenvalue weighted by molar-refractivity contribution is 0.658. The van der Waals surface area contributed by atoms with Gasteiger partial charge in [-0.2, -0.15) is 5.10 Å². The summed E-state index contributed by atoms with van der Waals surface area (Å²) >= 11 is 0. The zero-order valence-corrected chi connectivity index (χ0v) is 11.5. The highest BCUT2D eigenvalue weighted by atomic mass is 15.3. The summed E-state index contributed by atoms with van der Waals surface area (Å²) in [5, 5.41) is 5.66. The van der Waals surface area contributed by atoms with E-state index in [9.17, 15) is 0 Å². The van der Waals surface area contributed by atoms with E-state index >= 15 is 0 Å². The summed E-state index contributed by atoms with van der Waals surface area (Å²) < 4.78 is 4.30. The van der Waals surface area contributed by atoms with Gasteiger partial charge >= 0.3 is 0 Å². The number of benzene rings is 1. The van der Waals surface area contributed by atoms with Crippen LogP contribution in [0.2, 0.25) is 0 Å². The molecule has 0 bridgehead atoms. The Morgan fingerprint density at radius 3 is 2.79 bits per heavy atom. The second-order valence-electron chi connectivity index (χ2n) is 4.86. The molecule has 0 fully saturated rings. The van der Waals surface area contributed by atoms with Gasteiger partial charge in [0.2, 0.25) is 0 Å². The largest absolute Gasteiger partial charge is 0.343 e. The monoisotopic (exact) mass is 253 g/mol. The lowest BCUT2D eigenvalue weighted by Gasteiger charge is -2.07. The number of hydrogen-bond donors (Lipinski definition) is 0. The fourth-order valence-electron chi connectivity index (χ4n) is 2.62. The van der Waals surface area contributed by atoms with Gasteiger partial charge in [0.15, 0.2) is 0 Å². The van der Waals surface area contributed by atoms with E-state index in [-0.39, 0.29) is 0 Å². The molecule has 0 atom stereocenters. The number of fused-ring (bicyclic) bond motifs is 1. The fraction of sp³-hybridized carbons (Fsp3) is 0.312. The zero-order chi connectivity index (χ0) is 13.2. The summed E-state index contributed by atoms with van der Waals surface area (Å²) in [6, 6.07) is 8.73. The normalized spacial score (nSPS) is 11.3. The third-order valence-electron chi connectivity index (χ3n) is 3.62. The van der Waals surface area contributed by atoms with Gasteiger partial charge in [-0.1, -0.05) is 25.1 Å². The van der Waals surface area contributed by atoms with E-state index in [1.54, 1.807) is 0 Å². The first-order valence-electron chi connectivity index (χ1n) is 6.90. The first-order valence-corrected chi connectivity index (χ1v) is 6.90. The van der Waals surface area contributed by atoms with E-state index in [1.807, 2.05) is 10.9 Å². The average Bonchev–Trinajstić information content (AvgIpc) is 3.06. The topological polar surface area (TPSA) is 22.8 Å². The molecule has 2 aromatic heterocycles. The predicted octanol–water partition coefficient (Wildman–Crippen LogP) is 3.47. The molecule has 3 heteroatoms. The first kappa shape index (κ1) is 12.0. The van der Waals surface area contributed by atoms with Crippen molar-refractivity contribution >= 4 is 10.9 Å². The van der Waals surface area contributed by atoms with Gasteiger partial charge < -0.3 is 4.57 Å². The van der Waals surface area contributed by atoms with Crippen LogP contribution < -0.4 is 0 Å². The molecule has 3 aromatic rings. The minimum Gasteiger partial charge on any atom is -0.343 e. The van der Waals surface area contributed by atoms with Gasteiger partial charge in [-0.25, -0.2) is 0 Å². The maximum atomic E-state index is 4.34. The Bertz CT molecular complexity index is 691. The van der Waals surface area contributed by atoms with Gasteiger partial charge in [0.05, 0.1) is 18.3 Å². The summed E-state index contributed by atoms with van der Waals surface area (Å²) in [7, 11) is 0. The molecule has 0 amide bonds. The highest BCUT2D eigenvalue weighted by Gasteiger charge is 2.06. The van der Waals surface area contributed by atoms with Crippen LogP contribution in [0, 0.1) is 0 Å². The Kier molecular flexibility index (Phi) is 3.11. The van der Waals surface area contributed by atoms with Crippen LogP contribution in [0.4, 0.5) is 0 Å². The number of aryl methyl sites for hydroxylation is 2. The van der Waals surface area contributed by atoms with Crippen LogP contribution in [0.25, 0.3) is 10.9 Å². The summed E-state index contributed by atoms with van der Waals surface area (Å²) in [5.41, 5.74) is 4.02. The SMILES string of the molecule is CCc1cccc2ccn(Cc3cnn(CC)c3)c12. The van der Waals surface area contributed by atoms with Crippen molar-refractivity contribution in [2.45, 2.75) is 33.4 Å². The van der Waals surface area contributed by atoms with Crippen molar-refractivity contribution in [2.24, 2.45) is 0 Å². The molecule has 0 N–H and O–H groups in total. The van der Waals surface area contributed by atoms with E-state index < -0.39 is 0 Å². The second kappa shape index (κ2) is 4.92. The van der Waals surface area contributed by atoms with E-state index in [0.717, 1.165) is 19.5 Å². The quantitative estimate of drug-likeness (QED) is 0.698. The van der Waals surface area contributed by atoms with E-state index in [1.165, 1.54) is 22.0 Å². The van der Waals surface area contributed by atoms with Crippen LogP contribution in [0.15, 0.2) is 42.9 Å². The van der Waals surface area contributed by atoms with Crippen molar-refractivity contribution in [3.8, 4) is 0 Å². The Morgan fingerprint density at radius 2 is 2.05 bits per heavy atom. The minimum atomic E-state index is 0.889. The molecule has 0 saturated heterocycles. The Balaban J connectivity index is 2.00. The Hall–Kier alpha value is -2.03. The minimum absolute atomic E-state index is 0.889. The Morgan fingerprint density at radius 1 is 1.16 bits per heavy atom. The molecule has 1 aromatic carbocycles. The number of aromatic nitrogens is 3. The Labute approximate surface area is 113 Å². The smallest absolute Gasteiger partial charge is 0.0539 e. The molecule has 0 spiro atoms. The maximum Gasteiger partial charge on any atom is 0.0539 e. The molecule has 0 saturated carbocycles. The van der Waals surface area contributed by atoms with Gasteiger partial charge in [-0.05, 0) is 30.4 Å². The molecule has 0 aliphatic heterocycles. The average molecular weight is 253 g/mol. The zero-order valence-electron chi connectivity index (χ0n) is 11.5. The fourth-order valence-corrected chi connectivity index (χ4v) is 2.62. The van der Waals surface area contributed by atoms with Crippen LogP contribution in [-0.2, 0) is 19.5 Å². The number of para-hydroxylation sites is 1. The van der Waals surface area contributed by atoms with Crippen molar-refractivity contribution in [1.82, 2.24) is 14.3 Å². The van der Waals surface area contributed by atoms with Gasteiger partial charge in [-0.15, -0.1) is 0 Å². The molecule has 0 aliphatic rings. The summed E-state index contributed by atoms with van der Waals surface area (Å²) in [4.78, 5) is 0.